The Balaban J connectivity index is 1.28. The fraction of sp³-hybridized carbons (Fsp3) is 0. The Hall–Kier alpha value is -5.43. The zero-order valence-electron chi connectivity index (χ0n) is 23.2. The highest BCUT2D eigenvalue weighted by molar-refractivity contribution is 6.58. The molecular weight excluding hydrogens is 529 g/mol. The SMILES string of the molecule is OB(O)c1ccc(-c2cccc3c(-c4ccc(-c5nc(-c6ccccc6)nc(-c6ccccc6)n5)cc4)cccc23)cc1. The van der Waals surface area contributed by atoms with Gasteiger partial charge in [0, 0.05) is 16.7 Å². The Kier molecular flexibility index (Phi) is 7.05. The highest BCUT2D eigenvalue weighted by Crippen LogP contribution is 2.35. The Morgan fingerprint density at radius 2 is 0.721 bits per heavy atom. The first-order chi connectivity index (χ1) is 21.1. The molecule has 6 aromatic carbocycles. The molecule has 0 bridgehead atoms. The van der Waals surface area contributed by atoms with E-state index in [0.29, 0.717) is 22.9 Å². The molecule has 1 heterocycles. The highest BCUT2D eigenvalue weighted by atomic mass is 16.4. The second-order valence-corrected chi connectivity index (χ2v) is 10.3. The molecule has 0 radical (unpaired) electrons. The molecule has 0 aliphatic heterocycles. The topological polar surface area (TPSA) is 79.1 Å². The molecular formula is C37H26BN3O2. The number of aromatic nitrogens is 3. The first-order valence-electron chi connectivity index (χ1n) is 14.1. The lowest BCUT2D eigenvalue weighted by atomic mass is 9.79. The van der Waals surface area contributed by atoms with Crippen LogP contribution in [0.2, 0.25) is 0 Å². The molecule has 0 amide bonds. The lowest BCUT2D eigenvalue weighted by Crippen LogP contribution is -2.29. The normalized spacial score (nSPS) is 11.0. The Morgan fingerprint density at radius 3 is 1.14 bits per heavy atom. The van der Waals surface area contributed by atoms with Crippen LogP contribution in [0, 0.1) is 0 Å². The lowest BCUT2D eigenvalue weighted by Gasteiger charge is -2.12. The van der Waals surface area contributed by atoms with Crippen LogP contribution < -0.4 is 5.46 Å². The third-order valence-corrected chi connectivity index (χ3v) is 7.60. The summed E-state index contributed by atoms with van der Waals surface area (Å²) < 4.78 is 0. The van der Waals surface area contributed by atoms with E-state index in [0.717, 1.165) is 49.7 Å². The number of benzene rings is 6. The van der Waals surface area contributed by atoms with Crippen molar-refractivity contribution < 1.29 is 10.0 Å². The van der Waals surface area contributed by atoms with Crippen LogP contribution in [0.5, 0.6) is 0 Å². The number of hydrogen-bond donors (Lipinski definition) is 2. The molecule has 7 aromatic rings. The maximum Gasteiger partial charge on any atom is 0.488 e. The van der Waals surface area contributed by atoms with Crippen LogP contribution in [-0.4, -0.2) is 32.1 Å². The largest absolute Gasteiger partial charge is 0.488 e. The first kappa shape index (κ1) is 26.5. The van der Waals surface area contributed by atoms with Crippen molar-refractivity contribution in [3.63, 3.8) is 0 Å². The summed E-state index contributed by atoms with van der Waals surface area (Å²) in [7, 11) is -1.48. The van der Waals surface area contributed by atoms with Crippen molar-refractivity contribution in [3.8, 4) is 56.4 Å². The van der Waals surface area contributed by atoms with E-state index in [-0.39, 0.29) is 0 Å². The van der Waals surface area contributed by atoms with Crippen LogP contribution in [0.25, 0.3) is 67.2 Å². The van der Waals surface area contributed by atoms with E-state index in [1.165, 1.54) is 0 Å². The van der Waals surface area contributed by atoms with Gasteiger partial charge in [0.25, 0.3) is 0 Å². The molecule has 7 rings (SSSR count). The summed E-state index contributed by atoms with van der Waals surface area (Å²) in [5.74, 6) is 1.89. The van der Waals surface area contributed by atoms with E-state index in [4.69, 9.17) is 15.0 Å². The minimum Gasteiger partial charge on any atom is -0.423 e. The van der Waals surface area contributed by atoms with Gasteiger partial charge in [0.15, 0.2) is 17.5 Å². The van der Waals surface area contributed by atoms with E-state index in [1.54, 1.807) is 12.1 Å². The predicted molar refractivity (Wildman–Crippen MR) is 174 cm³/mol. The van der Waals surface area contributed by atoms with Gasteiger partial charge in [-0.05, 0) is 38.5 Å². The molecule has 0 saturated carbocycles. The van der Waals surface area contributed by atoms with Gasteiger partial charge in [-0.15, -0.1) is 0 Å². The van der Waals surface area contributed by atoms with Gasteiger partial charge in [-0.2, -0.15) is 0 Å². The number of hydrogen-bond acceptors (Lipinski definition) is 5. The van der Waals surface area contributed by atoms with Crippen LogP contribution in [0.1, 0.15) is 0 Å². The standard InChI is InChI=1S/C37H26BN3O2/c42-38(43)30-23-21-26(22-24-30)32-14-8-15-33-31(13-7-16-34(32)33)25-17-19-29(20-18-25)37-40-35(27-9-3-1-4-10-27)39-36(41-37)28-11-5-2-6-12-28/h1-24,42-43H. The van der Waals surface area contributed by atoms with Crippen molar-refractivity contribution in [2.75, 3.05) is 0 Å². The maximum absolute atomic E-state index is 9.49. The van der Waals surface area contributed by atoms with Gasteiger partial charge in [-0.3, -0.25) is 0 Å². The van der Waals surface area contributed by atoms with E-state index in [9.17, 15) is 10.0 Å². The molecule has 0 aliphatic carbocycles. The maximum atomic E-state index is 9.49. The Bertz CT molecular complexity index is 1970. The zero-order valence-corrected chi connectivity index (χ0v) is 23.2. The van der Waals surface area contributed by atoms with Crippen LogP contribution in [0.15, 0.2) is 146 Å². The summed E-state index contributed by atoms with van der Waals surface area (Å²) >= 11 is 0. The molecule has 0 atom stereocenters. The molecule has 6 heteroatoms. The van der Waals surface area contributed by atoms with Gasteiger partial charge in [-0.25, -0.2) is 15.0 Å². The van der Waals surface area contributed by atoms with Crippen molar-refractivity contribution in [2.45, 2.75) is 0 Å². The van der Waals surface area contributed by atoms with Crippen molar-refractivity contribution in [2.24, 2.45) is 0 Å². The number of nitrogens with zero attached hydrogens (tertiary/aromatic N) is 3. The van der Waals surface area contributed by atoms with Gasteiger partial charge < -0.3 is 10.0 Å². The third-order valence-electron chi connectivity index (χ3n) is 7.60. The third kappa shape index (κ3) is 5.33. The summed E-state index contributed by atoms with van der Waals surface area (Å²) in [6.45, 7) is 0. The average molecular weight is 555 g/mol. The molecule has 204 valence electrons. The summed E-state index contributed by atoms with van der Waals surface area (Å²) in [6.07, 6.45) is 0. The lowest BCUT2D eigenvalue weighted by molar-refractivity contribution is 0.426. The quantitative estimate of drug-likeness (QED) is 0.215. The monoisotopic (exact) mass is 555 g/mol. The van der Waals surface area contributed by atoms with Gasteiger partial charge in [0.2, 0.25) is 0 Å². The van der Waals surface area contributed by atoms with Crippen LogP contribution >= 0.6 is 0 Å². The van der Waals surface area contributed by atoms with Crippen LogP contribution in [-0.2, 0) is 0 Å². The molecule has 0 spiro atoms. The van der Waals surface area contributed by atoms with Crippen molar-refractivity contribution >= 4 is 23.4 Å². The van der Waals surface area contributed by atoms with E-state index in [2.05, 4.69) is 60.7 Å². The molecule has 43 heavy (non-hydrogen) atoms. The molecule has 1 aromatic heterocycles. The second kappa shape index (κ2) is 11.5. The number of rotatable bonds is 6. The van der Waals surface area contributed by atoms with E-state index >= 15 is 0 Å². The highest BCUT2D eigenvalue weighted by Gasteiger charge is 2.14. The number of fused-ring (bicyclic) bond motifs is 1. The fourth-order valence-corrected chi connectivity index (χ4v) is 5.38. The first-order valence-corrected chi connectivity index (χ1v) is 14.1. The van der Waals surface area contributed by atoms with Gasteiger partial charge in [0.1, 0.15) is 0 Å². The van der Waals surface area contributed by atoms with Gasteiger partial charge in [0.05, 0.1) is 0 Å². The Morgan fingerprint density at radius 1 is 0.349 bits per heavy atom. The van der Waals surface area contributed by atoms with Crippen LogP contribution in [0.4, 0.5) is 0 Å². The van der Waals surface area contributed by atoms with E-state index < -0.39 is 7.12 Å². The Labute approximate surface area is 250 Å². The summed E-state index contributed by atoms with van der Waals surface area (Å²) in [6, 6.07) is 48.3. The summed E-state index contributed by atoms with van der Waals surface area (Å²) in [4.78, 5) is 14.5. The molecule has 0 fully saturated rings. The van der Waals surface area contributed by atoms with Gasteiger partial charge >= 0.3 is 7.12 Å². The minimum atomic E-state index is -1.48. The molecule has 5 nitrogen and oxygen atoms in total. The van der Waals surface area contributed by atoms with Crippen molar-refractivity contribution in [1.29, 1.82) is 0 Å². The average Bonchev–Trinajstić information content (AvgIpc) is 3.08. The predicted octanol–water partition coefficient (Wildman–Crippen LogP) is 7.04. The fourth-order valence-electron chi connectivity index (χ4n) is 5.38. The molecule has 2 N–H and O–H groups in total. The van der Waals surface area contributed by atoms with E-state index in [1.807, 2.05) is 72.8 Å². The summed E-state index contributed by atoms with van der Waals surface area (Å²) in [5.41, 5.74) is 7.57. The zero-order chi connectivity index (χ0) is 29.2. The second-order valence-electron chi connectivity index (χ2n) is 10.3. The van der Waals surface area contributed by atoms with Crippen molar-refractivity contribution in [1.82, 2.24) is 15.0 Å². The smallest absolute Gasteiger partial charge is 0.423 e. The molecule has 0 saturated heterocycles. The molecule has 0 aliphatic rings. The van der Waals surface area contributed by atoms with Gasteiger partial charge in [-0.1, -0.05) is 146 Å². The van der Waals surface area contributed by atoms with Crippen molar-refractivity contribution in [3.05, 3.63) is 146 Å². The molecule has 0 unspecified atom stereocenters. The van der Waals surface area contributed by atoms with Crippen LogP contribution in [0.3, 0.4) is 0 Å². The summed E-state index contributed by atoms with van der Waals surface area (Å²) in [5, 5.41) is 21.2. The minimum absolute atomic E-state index is 0.467.